The molecule has 0 heterocycles. The Morgan fingerprint density at radius 3 is 2.53 bits per heavy atom. The molecule has 0 spiro atoms. The van der Waals surface area contributed by atoms with Crippen LogP contribution in [0.1, 0.15) is 10.4 Å². The van der Waals surface area contributed by atoms with Crippen molar-refractivity contribution in [2.45, 2.75) is 0 Å². The molecule has 0 aliphatic rings. The SMILES string of the molecule is COC(=O)c1cc(N(C)C)c(F)cc1N. The number of anilines is 2. The van der Waals surface area contributed by atoms with Crippen LogP contribution in [0.25, 0.3) is 0 Å². The molecule has 0 atom stereocenters. The van der Waals surface area contributed by atoms with Gasteiger partial charge in [0.15, 0.2) is 0 Å². The molecule has 82 valence electrons. The van der Waals surface area contributed by atoms with Crippen LogP contribution in [0, 0.1) is 5.82 Å². The van der Waals surface area contributed by atoms with Gasteiger partial charge in [0.2, 0.25) is 0 Å². The van der Waals surface area contributed by atoms with Gasteiger partial charge in [0.25, 0.3) is 0 Å². The number of esters is 1. The third-order valence-electron chi connectivity index (χ3n) is 2.01. The Hall–Kier alpha value is -1.78. The molecule has 0 saturated heterocycles. The Balaban J connectivity index is 3.29. The zero-order chi connectivity index (χ0) is 11.6. The smallest absolute Gasteiger partial charge is 0.340 e. The van der Waals surface area contributed by atoms with E-state index in [1.807, 2.05) is 0 Å². The Bertz CT molecular complexity index is 391. The lowest BCUT2D eigenvalue weighted by atomic mass is 10.1. The maximum absolute atomic E-state index is 13.4. The molecule has 0 fully saturated rings. The van der Waals surface area contributed by atoms with Crippen LogP contribution in [0.3, 0.4) is 0 Å². The first kappa shape index (κ1) is 11.3. The van der Waals surface area contributed by atoms with Crippen molar-refractivity contribution in [3.63, 3.8) is 0 Å². The van der Waals surface area contributed by atoms with E-state index >= 15 is 0 Å². The molecular weight excluding hydrogens is 199 g/mol. The minimum Gasteiger partial charge on any atom is -0.465 e. The van der Waals surface area contributed by atoms with Gasteiger partial charge in [-0.1, -0.05) is 0 Å². The third kappa shape index (κ3) is 2.18. The van der Waals surface area contributed by atoms with E-state index in [2.05, 4.69) is 4.74 Å². The van der Waals surface area contributed by atoms with Gasteiger partial charge in [-0.05, 0) is 12.1 Å². The van der Waals surface area contributed by atoms with Gasteiger partial charge in [-0.25, -0.2) is 9.18 Å². The fraction of sp³-hybridized carbons (Fsp3) is 0.300. The summed E-state index contributed by atoms with van der Waals surface area (Å²) in [6, 6.07) is 2.48. The molecule has 0 saturated carbocycles. The van der Waals surface area contributed by atoms with Gasteiger partial charge in [0, 0.05) is 19.8 Å². The summed E-state index contributed by atoms with van der Waals surface area (Å²) in [7, 11) is 4.60. The van der Waals surface area contributed by atoms with Crippen molar-refractivity contribution in [3.8, 4) is 0 Å². The van der Waals surface area contributed by atoms with Crippen LogP contribution in [0.15, 0.2) is 12.1 Å². The van der Waals surface area contributed by atoms with Crippen LogP contribution in [0.4, 0.5) is 15.8 Å². The van der Waals surface area contributed by atoms with Crippen LogP contribution in [-0.4, -0.2) is 27.2 Å². The number of ether oxygens (including phenoxy) is 1. The molecule has 0 aromatic heterocycles. The molecule has 1 rings (SSSR count). The lowest BCUT2D eigenvalue weighted by Crippen LogP contribution is -2.14. The van der Waals surface area contributed by atoms with E-state index in [4.69, 9.17) is 5.73 Å². The van der Waals surface area contributed by atoms with Crippen molar-refractivity contribution < 1.29 is 13.9 Å². The lowest BCUT2D eigenvalue weighted by Gasteiger charge is -2.15. The molecule has 0 radical (unpaired) electrons. The average Bonchev–Trinajstić information content (AvgIpc) is 2.16. The average molecular weight is 212 g/mol. The van der Waals surface area contributed by atoms with Crippen LogP contribution >= 0.6 is 0 Å². The minimum atomic E-state index is -0.574. The predicted molar refractivity (Wildman–Crippen MR) is 56.5 cm³/mol. The number of nitrogens with zero attached hydrogens (tertiary/aromatic N) is 1. The van der Waals surface area contributed by atoms with Crippen LogP contribution in [-0.2, 0) is 4.74 Å². The van der Waals surface area contributed by atoms with E-state index in [9.17, 15) is 9.18 Å². The van der Waals surface area contributed by atoms with Crippen LogP contribution in [0.2, 0.25) is 0 Å². The number of nitrogen functional groups attached to an aromatic ring is 1. The number of benzene rings is 1. The van der Waals surface area contributed by atoms with Gasteiger partial charge in [-0.2, -0.15) is 0 Å². The van der Waals surface area contributed by atoms with Crippen molar-refractivity contribution in [3.05, 3.63) is 23.5 Å². The normalized spacial score (nSPS) is 9.87. The highest BCUT2D eigenvalue weighted by Gasteiger charge is 2.15. The quantitative estimate of drug-likeness (QED) is 0.592. The third-order valence-corrected chi connectivity index (χ3v) is 2.01. The minimum absolute atomic E-state index is 0.0740. The van der Waals surface area contributed by atoms with E-state index in [0.717, 1.165) is 6.07 Å². The first-order valence-corrected chi connectivity index (χ1v) is 4.32. The molecule has 1 aromatic rings. The number of nitrogens with two attached hydrogens (primary N) is 1. The Morgan fingerprint density at radius 1 is 1.47 bits per heavy atom. The van der Waals surface area contributed by atoms with Crippen molar-refractivity contribution in [1.29, 1.82) is 0 Å². The van der Waals surface area contributed by atoms with Gasteiger partial charge >= 0.3 is 5.97 Å². The van der Waals surface area contributed by atoms with Crippen LogP contribution in [0.5, 0.6) is 0 Å². The zero-order valence-corrected chi connectivity index (χ0v) is 8.87. The highest BCUT2D eigenvalue weighted by atomic mass is 19.1. The molecule has 4 nitrogen and oxygen atoms in total. The van der Waals surface area contributed by atoms with E-state index in [0.29, 0.717) is 5.69 Å². The standard InChI is InChI=1S/C10H13FN2O2/c1-13(2)9-4-6(10(14)15-3)8(12)5-7(9)11/h4-5H,12H2,1-3H3. The maximum Gasteiger partial charge on any atom is 0.340 e. The molecular formula is C10H13FN2O2. The van der Waals surface area contributed by atoms with Crippen molar-refractivity contribution in [1.82, 2.24) is 0 Å². The monoisotopic (exact) mass is 212 g/mol. The molecule has 5 heteroatoms. The number of methoxy groups -OCH3 is 1. The number of carbonyl (C=O) groups excluding carboxylic acids is 1. The van der Waals surface area contributed by atoms with Gasteiger partial charge in [-0.15, -0.1) is 0 Å². The summed E-state index contributed by atoms with van der Waals surface area (Å²) in [6.07, 6.45) is 0. The second-order valence-corrected chi connectivity index (χ2v) is 3.28. The fourth-order valence-electron chi connectivity index (χ4n) is 1.21. The molecule has 0 bridgehead atoms. The Morgan fingerprint density at radius 2 is 2.07 bits per heavy atom. The molecule has 0 amide bonds. The summed E-state index contributed by atoms with van der Waals surface area (Å²) < 4.78 is 17.9. The second kappa shape index (κ2) is 4.16. The highest BCUT2D eigenvalue weighted by molar-refractivity contribution is 5.96. The summed E-state index contributed by atoms with van der Waals surface area (Å²) in [5, 5.41) is 0. The van der Waals surface area contributed by atoms with Crippen molar-refractivity contribution in [2.24, 2.45) is 0 Å². The molecule has 1 aromatic carbocycles. The van der Waals surface area contributed by atoms with E-state index in [1.54, 1.807) is 19.0 Å². The topological polar surface area (TPSA) is 55.6 Å². The van der Waals surface area contributed by atoms with Gasteiger partial charge in [0.05, 0.1) is 18.4 Å². The molecule has 2 N–H and O–H groups in total. The number of hydrogen-bond donors (Lipinski definition) is 1. The molecule has 15 heavy (non-hydrogen) atoms. The van der Waals surface area contributed by atoms with E-state index in [1.165, 1.54) is 13.2 Å². The number of rotatable bonds is 2. The first-order valence-electron chi connectivity index (χ1n) is 4.32. The maximum atomic E-state index is 13.4. The van der Waals surface area contributed by atoms with Gasteiger partial charge in [0.1, 0.15) is 5.82 Å². The predicted octanol–water partition coefficient (Wildman–Crippen LogP) is 1.26. The lowest BCUT2D eigenvalue weighted by molar-refractivity contribution is 0.0602. The fourth-order valence-corrected chi connectivity index (χ4v) is 1.21. The zero-order valence-electron chi connectivity index (χ0n) is 8.87. The Labute approximate surface area is 87.4 Å². The molecule has 0 unspecified atom stereocenters. The van der Waals surface area contributed by atoms with Crippen LogP contribution < -0.4 is 10.6 Å². The summed E-state index contributed by atoms with van der Waals surface area (Å²) >= 11 is 0. The molecule has 0 aliphatic carbocycles. The Kier molecular flexibility index (Phi) is 3.14. The number of hydrogen-bond acceptors (Lipinski definition) is 4. The van der Waals surface area contributed by atoms with E-state index < -0.39 is 11.8 Å². The summed E-state index contributed by atoms with van der Waals surface area (Å²) in [5.41, 5.74) is 6.05. The number of halogens is 1. The summed E-state index contributed by atoms with van der Waals surface area (Å²) in [6.45, 7) is 0. The second-order valence-electron chi connectivity index (χ2n) is 3.28. The largest absolute Gasteiger partial charge is 0.465 e. The van der Waals surface area contributed by atoms with Crippen molar-refractivity contribution in [2.75, 3.05) is 31.8 Å². The summed E-state index contributed by atoms with van der Waals surface area (Å²) in [5.74, 6) is -1.04. The van der Waals surface area contributed by atoms with Crippen molar-refractivity contribution >= 4 is 17.3 Å². The van der Waals surface area contributed by atoms with Gasteiger partial charge in [-0.3, -0.25) is 0 Å². The highest BCUT2D eigenvalue weighted by Crippen LogP contribution is 2.24. The molecule has 0 aliphatic heterocycles. The van der Waals surface area contributed by atoms with E-state index in [-0.39, 0.29) is 11.3 Å². The first-order chi connectivity index (χ1) is 6.97. The van der Waals surface area contributed by atoms with Gasteiger partial charge < -0.3 is 15.4 Å². The summed E-state index contributed by atoms with van der Waals surface area (Å²) in [4.78, 5) is 12.8. The number of carbonyl (C=O) groups is 1.